The molecule has 0 spiro atoms. The van der Waals surface area contributed by atoms with Crippen LogP contribution in [0.2, 0.25) is 0 Å². The van der Waals surface area contributed by atoms with Crippen LogP contribution < -0.4 is 21.1 Å². The maximum atomic E-state index is 15.7. The van der Waals surface area contributed by atoms with Crippen molar-refractivity contribution in [2.45, 2.75) is 45.4 Å². The van der Waals surface area contributed by atoms with E-state index in [0.717, 1.165) is 4.90 Å². The van der Waals surface area contributed by atoms with Gasteiger partial charge in [-0.2, -0.15) is 0 Å². The van der Waals surface area contributed by atoms with E-state index in [1.54, 1.807) is 69.6 Å². The van der Waals surface area contributed by atoms with Crippen LogP contribution in [0.15, 0.2) is 55.0 Å². The number of rotatable bonds is 7. The van der Waals surface area contributed by atoms with Gasteiger partial charge in [0, 0.05) is 36.9 Å². The van der Waals surface area contributed by atoms with Crippen LogP contribution in [-0.2, 0) is 0 Å². The molecule has 0 radical (unpaired) electrons. The number of hydrogen-bond acceptors (Lipinski definition) is 8. The molecule has 2 amide bonds. The lowest BCUT2D eigenvalue weighted by Gasteiger charge is -2.47. The van der Waals surface area contributed by atoms with E-state index in [9.17, 15) is 14.7 Å². The Kier molecular flexibility index (Phi) is 7.60. The van der Waals surface area contributed by atoms with Gasteiger partial charge in [0.1, 0.15) is 17.7 Å². The van der Waals surface area contributed by atoms with Gasteiger partial charge < -0.3 is 31.1 Å². The van der Waals surface area contributed by atoms with E-state index in [4.69, 9.17) is 10.5 Å². The molecule has 1 aliphatic rings. The molecule has 0 bridgehead atoms. The van der Waals surface area contributed by atoms with Gasteiger partial charge in [-0.3, -0.25) is 4.79 Å². The highest BCUT2D eigenvalue weighted by molar-refractivity contribution is 5.98. The summed E-state index contributed by atoms with van der Waals surface area (Å²) in [6.07, 6.45) is 2.01. The molecule has 5 N–H and O–H groups in total. The number of carbonyl (C=O) groups is 2. The van der Waals surface area contributed by atoms with Crippen LogP contribution in [-0.4, -0.2) is 61.8 Å². The highest BCUT2D eigenvalue weighted by Crippen LogP contribution is 2.36. The second kappa shape index (κ2) is 10.9. The second-order valence-corrected chi connectivity index (χ2v) is 10.0. The zero-order valence-electron chi connectivity index (χ0n) is 21.3. The lowest BCUT2D eigenvalue weighted by Crippen LogP contribution is -2.61. The van der Waals surface area contributed by atoms with Crippen LogP contribution in [0, 0.1) is 5.41 Å². The van der Waals surface area contributed by atoms with Gasteiger partial charge in [0.05, 0.1) is 23.3 Å². The van der Waals surface area contributed by atoms with Crippen molar-refractivity contribution < 1.29 is 23.8 Å². The number of ether oxygens (including phenoxy) is 1. The zero-order chi connectivity index (χ0) is 27.4. The maximum absolute atomic E-state index is 15.7. The predicted molar refractivity (Wildman–Crippen MR) is 139 cm³/mol. The van der Waals surface area contributed by atoms with E-state index in [1.165, 1.54) is 6.20 Å². The average molecular weight is 524 g/mol. The quantitative estimate of drug-likeness (QED) is 0.352. The van der Waals surface area contributed by atoms with Gasteiger partial charge in [0.15, 0.2) is 0 Å². The first kappa shape index (κ1) is 26.6. The molecule has 1 saturated heterocycles. The first-order valence-corrected chi connectivity index (χ1v) is 12.0. The van der Waals surface area contributed by atoms with Crippen LogP contribution in [0.3, 0.4) is 0 Å². The highest BCUT2D eigenvalue weighted by atomic mass is 19.1. The van der Waals surface area contributed by atoms with Gasteiger partial charge in [0.2, 0.25) is 0 Å². The summed E-state index contributed by atoms with van der Waals surface area (Å²) in [4.78, 5) is 37.3. The Morgan fingerprint density at radius 3 is 2.45 bits per heavy atom. The average Bonchev–Trinajstić information content (AvgIpc) is 2.86. The van der Waals surface area contributed by atoms with Crippen LogP contribution in [0.25, 0.3) is 0 Å². The summed E-state index contributed by atoms with van der Waals surface area (Å²) in [7, 11) is 0. The Hall–Kier alpha value is -4.48. The highest BCUT2D eigenvalue weighted by Gasteiger charge is 2.46. The SMILES string of the molecule is CC(C)(C)C1[C@@H](F)[C@H](Nc2cc(Nc3ccc(Oc4ncccn4)cc3)ncc2C(N)=O)CCN1C(=O)O. The summed E-state index contributed by atoms with van der Waals surface area (Å²) in [6.45, 7) is 5.55. The molecular formula is C26H30FN7O4. The molecule has 12 heteroatoms. The Bertz CT molecular complexity index is 1290. The number of alkyl halides is 1. The molecule has 0 aliphatic carbocycles. The first-order valence-electron chi connectivity index (χ1n) is 12.0. The lowest BCUT2D eigenvalue weighted by molar-refractivity contribution is 0.00169. The van der Waals surface area contributed by atoms with E-state index in [1.807, 2.05) is 0 Å². The van der Waals surface area contributed by atoms with Gasteiger partial charge in [-0.25, -0.2) is 24.1 Å². The molecule has 3 aromatic rings. The minimum Gasteiger partial charge on any atom is -0.465 e. The Morgan fingerprint density at radius 1 is 1.16 bits per heavy atom. The number of hydrogen-bond donors (Lipinski definition) is 4. The number of likely N-dealkylation sites (tertiary alicyclic amines) is 1. The van der Waals surface area contributed by atoms with Crippen molar-refractivity contribution in [2.75, 3.05) is 17.2 Å². The summed E-state index contributed by atoms with van der Waals surface area (Å²) >= 11 is 0. The summed E-state index contributed by atoms with van der Waals surface area (Å²) in [5.74, 6) is 0.210. The van der Waals surface area contributed by atoms with E-state index in [0.29, 0.717) is 22.9 Å². The van der Waals surface area contributed by atoms with Crippen molar-refractivity contribution in [1.82, 2.24) is 19.9 Å². The third-order valence-corrected chi connectivity index (χ3v) is 6.22. The molecule has 1 fully saturated rings. The monoisotopic (exact) mass is 523 g/mol. The molecule has 11 nitrogen and oxygen atoms in total. The molecule has 3 atom stereocenters. The summed E-state index contributed by atoms with van der Waals surface area (Å²) in [6, 6.07) is 8.87. The number of nitrogens with zero attached hydrogens (tertiary/aromatic N) is 4. The second-order valence-electron chi connectivity index (χ2n) is 10.0. The van der Waals surface area contributed by atoms with E-state index in [-0.39, 0.29) is 24.5 Å². The Balaban J connectivity index is 1.52. The number of nitrogens with one attached hydrogen (secondary N) is 2. The summed E-state index contributed by atoms with van der Waals surface area (Å²) < 4.78 is 21.3. The molecule has 200 valence electrons. The van der Waals surface area contributed by atoms with Crippen molar-refractivity contribution in [1.29, 1.82) is 0 Å². The Morgan fingerprint density at radius 2 is 1.84 bits per heavy atom. The van der Waals surface area contributed by atoms with Crippen LogP contribution >= 0.6 is 0 Å². The van der Waals surface area contributed by atoms with Gasteiger partial charge >= 0.3 is 12.1 Å². The number of primary amides is 1. The lowest BCUT2D eigenvalue weighted by atomic mass is 9.78. The molecule has 1 aliphatic heterocycles. The molecule has 4 rings (SSSR count). The van der Waals surface area contributed by atoms with Crippen molar-refractivity contribution in [3.63, 3.8) is 0 Å². The van der Waals surface area contributed by atoms with Gasteiger partial charge in [-0.15, -0.1) is 0 Å². The molecule has 1 unspecified atom stereocenters. The van der Waals surface area contributed by atoms with Gasteiger partial charge in [-0.1, -0.05) is 20.8 Å². The Labute approximate surface area is 219 Å². The molecule has 38 heavy (non-hydrogen) atoms. The number of piperidine rings is 1. The number of pyridine rings is 1. The minimum absolute atomic E-state index is 0.0994. The molecule has 0 saturated carbocycles. The number of halogens is 1. The van der Waals surface area contributed by atoms with E-state index < -0.39 is 35.7 Å². The van der Waals surface area contributed by atoms with Crippen molar-refractivity contribution in [2.24, 2.45) is 11.1 Å². The number of carboxylic acid groups (broad SMARTS) is 1. The smallest absolute Gasteiger partial charge is 0.407 e. The van der Waals surface area contributed by atoms with Gasteiger partial charge in [0.25, 0.3) is 5.91 Å². The third kappa shape index (κ3) is 6.07. The van der Waals surface area contributed by atoms with Gasteiger partial charge in [-0.05, 0) is 42.2 Å². The predicted octanol–water partition coefficient (Wildman–Crippen LogP) is 4.42. The number of benzene rings is 1. The third-order valence-electron chi connectivity index (χ3n) is 6.22. The fourth-order valence-electron chi connectivity index (χ4n) is 4.52. The summed E-state index contributed by atoms with van der Waals surface area (Å²) in [5.41, 5.74) is 6.00. The first-order chi connectivity index (χ1) is 18.0. The topological polar surface area (TPSA) is 156 Å². The standard InChI is InChI=1S/C26H30FN7O4/c1-26(2,3)22-21(27)18(9-12-34(22)25(36)37)33-19-13-20(31-14-17(19)23(28)35)32-15-5-7-16(8-6-15)38-24-29-10-4-11-30-24/h4-8,10-11,13-14,18,21-22H,9,12H2,1-3H3,(H2,28,35)(H,36,37)(H2,31,32,33)/t18-,21+,22?/m1/s1. The van der Waals surface area contributed by atoms with E-state index in [2.05, 4.69) is 25.6 Å². The normalized spacial score (nSPS) is 19.5. The molecule has 3 heterocycles. The van der Waals surface area contributed by atoms with Crippen molar-refractivity contribution in [3.05, 3.63) is 60.6 Å². The molecule has 1 aromatic carbocycles. The molecular weight excluding hydrogens is 493 g/mol. The fraction of sp³-hybridized carbons (Fsp3) is 0.346. The van der Waals surface area contributed by atoms with Crippen LogP contribution in [0.4, 0.5) is 26.4 Å². The number of anilines is 3. The number of carbonyl (C=O) groups excluding carboxylic acids is 1. The zero-order valence-corrected chi connectivity index (χ0v) is 21.3. The molecule has 2 aromatic heterocycles. The minimum atomic E-state index is -1.52. The van der Waals surface area contributed by atoms with E-state index >= 15 is 4.39 Å². The number of aromatic nitrogens is 3. The van der Waals surface area contributed by atoms with Crippen molar-refractivity contribution in [3.8, 4) is 11.8 Å². The van der Waals surface area contributed by atoms with Crippen molar-refractivity contribution >= 4 is 29.2 Å². The number of amides is 2. The fourth-order valence-corrected chi connectivity index (χ4v) is 4.52. The van der Waals surface area contributed by atoms with Crippen LogP contribution in [0.5, 0.6) is 11.8 Å². The maximum Gasteiger partial charge on any atom is 0.407 e. The largest absolute Gasteiger partial charge is 0.465 e. The number of nitrogens with two attached hydrogens (primary N) is 1. The van der Waals surface area contributed by atoms with Crippen LogP contribution in [0.1, 0.15) is 37.6 Å². The summed E-state index contributed by atoms with van der Waals surface area (Å²) in [5, 5.41) is 15.8.